The first kappa shape index (κ1) is 14.0. The molecule has 0 aliphatic heterocycles. The molecule has 0 amide bonds. The van der Waals surface area contributed by atoms with Crippen LogP contribution in [-0.4, -0.2) is 29.7 Å². The van der Waals surface area contributed by atoms with Crippen LogP contribution in [0.3, 0.4) is 0 Å². The highest BCUT2D eigenvalue weighted by atomic mass is 35.5. The molecule has 0 unspecified atom stereocenters. The zero-order valence-electron chi connectivity index (χ0n) is 9.73. The average molecular weight is 271 g/mol. The van der Waals surface area contributed by atoms with Crippen LogP contribution in [0.4, 0.5) is 5.69 Å². The second-order valence-electron chi connectivity index (χ2n) is 3.28. The summed E-state index contributed by atoms with van der Waals surface area (Å²) in [6.07, 6.45) is 0. The number of benzene rings is 1. The number of carbonyl (C=O) groups is 2. The third kappa shape index (κ3) is 3.46. The van der Waals surface area contributed by atoms with Crippen molar-refractivity contribution in [3.8, 4) is 5.75 Å². The largest absolute Gasteiger partial charge is 0.497 e. The van der Waals surface area contributed by atoms with E-state index in [4.69, 9.17) is 21.4 Å². The van der Waals surface area contributed by atoms with Crippen LogP contribution in [0.1, 0.15) is 6.92 Å². The van der Waals surface area contributed by atoms with Crippen LogP contribution in [-0.2, 0) is 9.59 Å². The Morgan fingerprint density at radius 3 is 2.61 bits per heavy atom. The summed E-state index contributed by atoms with van der Waals surface area (Å²) in [6, 6.07) is 4.73. The fourth-order valence-electron chi connectivity index (χ4n) is 1.11. The highest BCUT2D eigenvalue weighted by Crippen LogP contribution is 2.26. The maximum atomic E-state index is 11.0. The number of ketones is 1. The molecule has 96 valence electrons. The number of nitrogens with one attached hydrogen (secondary N) is 1. The maximum Gasteiger partial charge on any atom is 0.360 e. The lowest BCUT2D eigenvalue weighted by atomic mass is 10.3. The zero-order valence-corrected chi connectivity index (χ0v) is 10.5. The Kier molecular flexibility index (Phi) is 4.67. The molecule has 2 N–H and O–H groups in total. The van der Waals surface area contributed by atoms with E-state index in [9.17, 15) is 9.59 Å². The Bertz CT molecular complexity index is 498. The molecule has 1 aromatic carbocycles. The summed E-state index contributed by atoms with van der Waals surface area (Å²) in [6.45, 7) is 1.11. The van der Waals surface area contributed by atoms with Gasteiger partial charge in [-0.15, -0.1) is 0 Å². The molecule has 1 aromatic rings. The number of carboxylic acids is 1. The van der Waals surface area contributed by atoms with Gasteiger partial charge >= 0.3 is 5.97 Å². The minimum Gasteiger partial charge on any atom is -0.497 e. The van der Waals surface area contributed by atoms with Gasteiger partial charge in [-0.1, -0.05) is 11.6 Å². The summed E-state index contributed by atoms with van der Waals surface area (Å²) in [4.78, 5) is 21.7. The molecule has 0 spiro atoms. The maximum absolute atomic E-state index is 11.0. The van der Waals surface area contributed by atoms with Crippen molar-refractivity contribution in [2.45, 2.75) is 6.92 Å². The fraction of sp³-hybridized carbons (Fsp3) is 0.182. The van der Waals surface area contributed by atoms with Gasteiger partial charge in [0.25, 0.3) is 0 Å². The lowest BCUT2D eigenvalue weighted by molar-refractivity contribution is -0.130. The number of nitrogens with zero attached hydrogens (tertiary/aromatic N) is 1. The van der Waals surface area contributed by atoms with Crippen molar-refractivity contribution in [1.82, 2.24) is 0 Å². The summed E-state index contributed by atoms with van der Waals surface area (Å²) >= 11 is 5.88. The van der Waals surface area contributed by atoms with Crippen LogP contribution in [0, 0.1) is 0 Å². The monoisotopic (exact) mass is 270 g/mol. The van der Waals surface area contributed by atoms with Gasteiger partial charge in [0.1, 0.15) is 5.75 Å². The number of aliphatic carboxylic acids is 1. The van der Waals surface area contributed by atoms with E-state index in [0.717, 1.165) is 6.92 Å². The fourth-order valence-corrected chi connectivity index (χ4v) is 1.27. The van der Waals surface area contributed by atoms with Crippen LogP contribution in [0.25, 0.3) is 0 Å². The Balaban J connectivity index is 3.00. The highest BCUT2D eigenvalue weighted by molar-refractivity contribution is 6.63. The zero-order chi connectivity index (χ0) is 13.7. The molecule has 0 radical (unpaired) electrons. The van der Waals surface area contributed by atoms with Gasteiger partial charge in [-0.2, -0.15) is 5.10 Å². The van der Waals surface area contributed by atoms with Crippen molar-refractivity contribution < 1.29 is 19.4 Å². The molecule has 7 heteroatoms. The van der Waals surface area contributed by atoms with E-state index in [-0.39, 0.29) is 0 Å². The van der Waals surface area contributed by atoms with Gasteiger partial charge in [-0.25, -0.2) is 4.79 Å². The van der Waals surface area contributed by atoms with Gasteiger partial charge in [0.05, 0.1) is 17.8 Å². The Labute approximate surface area is 108 Å². The lowest BCUT2D eigenvalue weighted by Gasteiger charge is -2.06. The number of carboxylic acid groups (broad SMARTS) is 1. The van der Waals surface area contributed by atoms with Crippen molar-refractivity contribution in [1.29, 1.82) is 0 Å². The molecule has 0 aliphatic carbocycles. The SMILES string of the molecule is COc1ccc(Cl)c(N/N=C(\C(C)=O)C(=O)O)c1. The van der Waals surface area contributed by atoms with Crippen molar-refractivity contribution in [3.05, 3.63) is 23.2 Å². The standard InChI is InChI=1S/C11H11ClN2O4/c1-6(15)10(11(16)17)14-13-9-5-7(18-2)3-4-8(9)12/h3-5,13H,1-2H3,(H,16,17)/b14-10+. The summed E-state index contributed by atoms with van der Waals surface area (Å²) in [5, 5.41) is 12.6. The summed E-state index contributed by atoms with van der Waals surface area (Å²) in [7, 11) is 1.48. The van der Waals surface area contributed by atoms with Gasteiger partial charge in [0, 0.05) is 13.0 Å². The van der Waals surface area contributed by atoms with E-state index in [2.05, 4.69) is 10.5 Å². The number of Topliss-reactive ketones (excluding diaryl/α,β-unsaturated/α-hetero) is 1. The number of hydrazone groups is 1. The summed E-state index contributed by atoms with van der Waals surface area (Å²) in [5.41, 5.74) is 2.17. The van der Waals surface area contributed by atoms with E-state index in [1.165, 1.54) is 13.2 Å². The average Bonchev–Trinajstić information content (AvgIpc) is 2.30. The normalized spacial score (nSPS) is 10.9. The number of hydrogen-bond acceptors (Lipinski definition) is 5. The molecule has 1 rings (SSSR count). The van der Waals surface area contributed by atoms with Gasteiger partial charge in [0.2, 0.25) is 5.71 Å². The number of carbonyl (C=O) groups excluding carboxylic acids is 1. The van der Waals surface area contributed by atoms with E-state index >= 15 is 0 Å². The van der Waals surface area contributed by atoms with Gasteiger partial charge < -0.3 is 9.84 Å². The second-order valence-corrected chi connectivity index (χ2v) is 3.69. The Morgan fingerprint density at radius 1 is 1.44 bits per heavy atom. The van der Waals surface area contributed by atoms with Crippen molar-refractivity contribution in [2.24, 2.45) is 5.10 Å². The molecular weight excluding hydrogens is 260 g/mol. The predicted molar refractivity (Wildman–Crippen MR) is 67.4 cm³/mol. The first-order chi connectivity index (χ1) is 8.45. The molecule has 6 nitrogen and oxygen atoms in total. The summed E-state index contributed by atoms with van der Waals surface area (Å²) < 4.78 is 4.98. The van der Waals surface area contributed by atoms with E-state index in [1.807, 2.05) is 0 Å². The molecule has 0 saturated heterocycles. The number of hydrogen-bond donors (Lipinski definition) is 2. The number of ether oxygens (including phenoxy) is 1. The summed E-state index contributed by atoms with van der Waals surface area (Å²) in [5.74, 6) is -1.54. The lowest BCUT2D eigenvalue weighted by Crippen LogP contribution is -2.22. The second kappa shape index (κ2) is 6.02. The predicted octanol–water partition coefficient (Wildman–Crippen LogP) is 1.79. The van der Waals surface area contributed by atoms with Crippen LogP contribution >= 0.6 is 11.6 Å². The van der Waals surface area contributed by atoms with Gasteiger partial charge in [0.15, 0.2) is 5.78 Å². The topological polar surface area (TPSA) is 88.0 Å². The minimum absolute atomic E-state index is 0.327. The van der Waals surface area contributed by atoms with Gasteiger partial charge in [-0.05, 0) is 12.1 Å². The molecule has 0 aliphatic rings. The molecule has 0 saturated carbocycles. The minimum atomic E-state index is -1.41. The first-order valence-corrected chi connectivity index (χ1v) is 5.25. The molecule has 0 heterocycles. The smallest absolute Gasteiger partial charge is 0.360 e. The molecule has 18 heavy (non-hydrogen) atoms. The van der Waals surface area contributed by atoms with Gasteiger partial charge in [-0.3, -0.25) is 10.2 Å². The number of rotatable bonds is 5. The quantitative estimate of drug-likeness (QED) is 0.484. The molecule has 0 bridgehead atoms. The van der Waals surface area contributed by atoms with Crippen LogP contribution in [0.5, 0.6) is 5.75 Å². The van der Waals surface area contributed by atoms with Crippen molar-refractivity contribution in [3.63, 3.8) is 0 Å². The molecule has 0 fully saturated rings. The van der Waals surface area contributed by atoms with Crippen LogP contribution < -0.4 is 10.2 Å². The Hall–Kier alpha value is -2.08. The highest BCUT2D eigenvalue weighted by Gasteiger charge is 2.15. The number of methoxy groups -OCH3 is 1. The first-order valence-electron chi connectivity index (χ1n) is 4.87. The van der Waals surface area contributed by atoms with Crippen molar-refractivity contribution >= 4 is 34.8 Å². The number of halogens is 1. The van der Waals surface area contributed by atoms with E-state index < -0.39 is 17.5 Å². The van der Waals surface area contributed by atoms with E-state index in [1.54, 1.807) is 12.1 Å². The number of anilines is 1. The molecular formula is C11H11ClN2O4. The molecule has 0 aromatic heterocycles. The van der Waals surface area contributed by atoms with Crippen LogP contribution in [0.15, 0.2) is 23.3 Å². The van der Waals surface area contributed by atoms with E-state index in [0.29, 0.717) is 16.5 Å². The van der Waals surface area contributed by atoms with Crippen molar-refractivity contribution in [2.75, 3.05) is 12.5 Å². The third-order valence-electron chi connectivity index (χ3n) is 2.00. The third-order valence-corrected chi connectivity index (χ3v) is 2.33. The van der Waals surface area contributed by atoms with Crippen LogP contribution in [0.2, 0.25) is 5.02 Å². The molecule has 0 atom stereocenters. The Morgan fingerprint density at radius 2 is 2.11 bits per heavy atom.